The summed E-state index contributed by atoms with van der Waals surface area (Å²) in [5, 5.41) is 0. The van der Waals surface area contributed by atoms with Crippen molar-refractivity contribution < 1.29 is 23.4 Å². The van der Waals surface area contributed by atoms with Crippen LogP contribution in [0.5, 0.6) is 11.5 Å². The summed E-state index contributed by atoms with van der Waals surface area (Å²) in [5.74, 6) is 0.0434. The second-order valence-corrected chi connectivity index (χ2v) is 5.66. The fourth-order valence-electron chi connectivity index (χ4n) is 1.78. The lowest BCUT2D eigenvalue weighted by Gasteiger charge is -2.13. The monoisotopic (exact) mass is 416 g/mol. The van der Waals surface area contributed by atoms with Gasteiger partial charge in [0, 0.05) is 9.13 Å². The van der Waals surface area contributed by atoms with Crippen molar-refractivity contribution in [1.29, 1.82) is 0 Å². The van der Waals surface area contributed by atoms with Crippen LogP contribution in [0.3, 0.4) is 0 Å². The number of halogens is 2. The largest absolute Gasteiger partial charge is 0.513 e. The van der Waals surface area contributed by atoms with Gasteiger partial charge >= 0.3 is 6.16 Å². The fraction of sp³-hybridized carbons (Fsp3) is 0.188. The van der Waals surface area contributed by atoms with Gasteiger partial charge in [-0.05, 0) is 59.3 Å². The Hall–Kier alpha value is -1.83. The second-order valence-electron chi connectivity index (χ2n) is 4.50. The van der Waals surface area contributed by atoms with Crippen LogP contribution in [0.1, 0.15) is 11.1 Å². The van der Waals surface area contributed by atoms with Crippen LogP contribution >= 0.6 is 22.6 Å². The Kier molecular flexibility index (Phi) is 5.59. The summed E-state index contributed by atoms with van der Waals surface area (Å²) in [6.07, 6.45) is -0.815. The van der Waals surface area contributed by atoms with Crippen LogP contribution in [0.15, 0.2) is 36.4 Å². The predicted molar refractivity (Wildman–Crippen MR) is 87.7 cm³/mol. The number of hydrogen-bond donors (Lipinski definition) is 0. The standard InChI is InChI=1S/C16H14FIO4/c1-10-6-7-15(12(17)8-10)21-9-11-13(18)4-3-5-14(11)22-16(19)20-2/h3-8H,9H2,1-2H3. The number of benzene rings is 2. The van der Waals surface area contributed by atoms with Crippen molar-refractivity contribution in [3.05, 3.63) is 56.9 Å². The third kappa shape index (κ3) is 4.09. The van der Waals surface area contributed by atoms with Crippen LogP contribution in [0.25, 0.3) is 0 Å². The average molecular weight is 416 g/mol. The molecule has 0 saturated heterocycles. The van der Waals surface area contributed by atoms with Gasteiger partial charge in [-0.2, -0.15) is 0 Å². The molecule has 0 aromatic heterocycles. The van der Waals surface area contributed by atoms with Gasteiger partial charge in [-0.1, -0.05) is 12.1 Å². The highest BCUT2D eigenvalue weighted by molar-refractivity contribution is 14.1. The number of rotatable bonds is 4. The van der Waals surface area contributed by atoms with Gasteiger partial charge in [-0.3, -0.25) is 0 Å². The molecule has 0 amide bonds. The van der Waals surface area contributed by atoms with E-state index in [9.17, 15) is 9.18 Å². The van der Waals surface area contributed by atoms with Crippen LogP contribution in [0.2, 0.25) is 0 Å². The Morgan fingerprint density at radius 3 is 2.68 bits per heavy atom. The van der Waals surface area contributed by atoms with Gasteiger partial charge in [-0.25, -0.2) is 9.18 Å². The summed E-state index contributed by atoms with van der Waals surface area (Å²) < 4.78 is 29.7. The van der Waals surface area contributed by atoms with Gasteiger partial charge in [0.25, 0.3) is 0 Å². The number of carbonyl (C=O) groups excluding carboxylic acids is 1. The maximum atomic E-state index is 13.8. The molecule has 0 unspecified atom stereocenters. The Morgan fingerprint density at radius 2 is 2.00 bits per heavy atom. The first kappa shape index (κ1) is 16.5. The van der Waals surface area contributed by atoms with E-state index >= 15 is 0 Å². The molecule has 22 heavy (non-hydrogen) atoms. The second kappa shape index (κ2) is 7.44. The molecule has 0 saturated carbocycles. The van der Waals surface area contributed by atoms with Crippen molar-refractivity contribution in [3.63, 3.8) is 0 Å². The molecule has 116 valence electrons. The molecular weight excluding hydrogens is 402 g/mol. The Morgan fingerprint density at radius 1 is 1.23 bits per heavy atom. The van der Waals surface area contributed by atoms with E-state index in [0.29, 0.717) is 11.3 Å². The Bertz CT molecular complexity index is 688. The highest BCUT2D eigenvalue weighted by Gasteiger charge is 2.14. The highest BCUT2D eigenvalue weighted by atomic mass is 127. The molecule has 0 spiro atoms. The third-order valence-corrected chi connectivity index (χ3v) is 3.91. The maximum absolute atomic E-state index is 13.8. The van der Waals surface area contributed by atoms with Crippen molar-refractivity contribution in [2.24, 2.45) is 0 Å². The van der Waals surface area contributed by atoms with Gasteiger partial charge < -0.3 is 14.2 Å². The van der Waals surface area contributed by atoms with Gasteiger partial charge in [0.1, 0.15) is 12.4 Å². The van der Waals surface area contributed by atoms with Crippen molar-refractivity contribution in [2.75, 3.05) is 7.11 Å². The molecule has 0 atom stereocenters. The average Bonchev–Trinajstić information content (AvgIpc) is 2.48. The summed E-state index contributed by atoms with van der Waals surface area (Å²) in [7, 11) is 1.23. The summed E-state index contributed by atoms with van der Waals surface area (Å²) in [5.41, 5.74) is 1.46. The molecule has 0 aliphatic heterocycles. The topological polar surface area (TPSA) is 44.8 Å². The minimum atomic E-state index is -0.815. The van der Waals surface area contributed by atoms with E-state index in [1.165, 1.54) is 13.2 Å². The molecule has 4 nitrogen and oxygen atoms in total. The lowest BCUT2D eigenvalue weighted by molar-refractivity contribution is 0.120. The first-order chi connectivity index (χ1) is 10.5. The number of aryl methyl sites for hydroxylation is 1. The zero-order valence-corrected chi connectivity index (χ0v) is 14.2. The SMILES string of the molecule is COC(=O)Oc1cccc(I)c1COc1ccc(C)cc1F. The van der Waals surface area contributed by atoms with Crippen LogP contribution in [-0.2, 0) is 11.3 Å². The lowest BCUT2D eigenvalue weighted by atomic mass is 10.2. The van der Waals surface area contributed by atoms with Crippen LogP contribution in [-0.4, -0.2) is 13.3 Å². The lowest BCUT2D eigenvalue weighted by Crippen LogP contribution is -2.10. The third-order valence-electron chi connectivity index (χ3n) is 2.90. The van der Waals surface area contributed by atoms with E-state index < -0.39 is 12.0 Å². The molecule has 6 heteroatoms. The van der Waals surface area contributed by atoms with E-state index in [0.717, 1.165) is 9.13 Å². The minimum absolute atomic E-state index is 0.0748. The summed E-state index contributed by atoms with van der Waals surface area (Å²) in [6, 6.07) is 9.95. The smallest absolute Gasteiger partial charge is 0.486 e. The number of methoxy groups -OCH3 is 1. The van der Waals surface area contributed by atoms with Crippen LogP contribution < -0.4 is 9.47 Å². The van der Waals surface area contributed by atoms with E-state index in [2.05, 4.69) is 27.3 Å². The molecule has 0 aliphatic rings. The van der Waals surface area contributed by atoms with Gasteiger partial charge in [-0.15, -0.1) is 0 Å². The fourth-order valence-corrected chi connectivity index (χ4v) is 2.41. The first-order valence-corrected chi connectivity index (χ1v) is 7.51. The molecule has 0 N–H and O–H groups in total. The number of carbonyl (C=O) groups is 1. The zero-order valence-electron chi connectivity index (χ0n) is 12.1. The molecular formula is C16H14FIO4. The molecule has 2 aromatic carbocycles. The van der Waals surface area contributed by atoms with E-state index in [4.69, 9.17) is 9.47 Å². The van der Waals surface area contributed by atoms with Crippen molar-refractivity contribution in [3.8, 4) is 11.5 Å². The predicted octanol–water partition coefficient (Wildman–Crippen LogP) is 4.46. The first-order valence-electron chi connectivity index (χ1n) is 6.43. The van der Waals surface area contributed by atoms with Gasteiger partial charge in [0.15, 0.2) is 11.6 Å². The molecule has 0 aliphatic carbocycles. The molecule has 2 aromatic rings. The van der Waals surface area contributed by atoms with E-state index in [1.807, 2.05) is 6.07 Å². The van der Waals surface area contributed by atoms with Crippen LogP contribution in [0.4, 0.5) is 9.18 Å². The molecule has 2 rings (SSSR count). The number of hydrogen-bond acceptors (Lipinski definition) is 4. The summed E-state index contributed by atoms with van der Waals surface area (Å²) in [6.45, 7) is 1.88. The Labute approximate surface area is 141 Å². The Balaban J connectivity index is 2.19. The van der Waals surface area contributed by atoms with Gasteiger partial charge in [0.05, 0.1) is 7.11 Å². The maximum Gasteiger partial charge on any atom is 0.513 e. The summed E-state index contributed by atoms with van der Waals surface area (Å²) in [4.78, 5) is 11.3. The number of ether oxygens (including phenoxy) is 3. The van der Waals surface area contributed by atoms with Crippen LogP contribution in [0, 0.1) is 16.3 Å². The van der Waals surface area contributed by atoms with Crippen molar-refractivity contribution in [2.45, 2.75) is 13.5 Å². The van der Waals surface area contributed by atoms with E-state index in [1.54, 1.807) is 31.2 Å². The van der Waals surface area contributed by atoms with Crippen molar-refractivity contribution >= 4 is 28.7 Å². The van der Waals surface area contributed by atoms with E-state index in [-0.39, 0.29) is 12.4 Å². The molecule has 0 fully saturated rings. The van der Waals surface area contributed by atoms with Gasteiger partial charge in [0.2, 0.25) is 0 Å². The molecule has 0 heterocycles. The normalized spacial score (nSPS) is 10.2. The molecule has 0 radical (unpaired) electrons. The zero-order chi connectivity index (χ0) is 16.1. The van der Waals surface area contributed by atoms with Crippen molar-refractivity contribution in [1.82, 2.24) is 0 Å². The quantitative estimate of drug-likeness (QED) is 0.420. The molecule has 0 bridgehead atoms. The highest BCUT2D eigenvalue weighted by Crippen LogP contribution is 2.27. The minimum Gasteiger partial charge on any atom is -0.486 e. The summed E-state index contributed by atoms with van der Waals surface area (Å²) >= 11 is 2.10.